The second-order valence-corrected chi connectivity index (χ2v) is 9.83. The zero-order valence-electron chi connectivity index (χ0n) is 15.9. The van der Waals surface area contributed by atoms with Gasteiger partial charge in [0.25, 0.3) is 0 Å². The normalized spacial score (nSPS) is 18.5. The Bertz CT molecular complexity index is 311. The summed E-state index contributed by atoms with van der Waals surface area (Å²) in [4.78, 5) is 5.12. The Morgan fingerprint density at radius 2 is 1.61 bits per heavy atom. The molecule has 0 aromatic carbocycles. The highest BCUT2D eigenvalue weighted by molar-refractivity contribution is 8.68. The van der Waals surface area contributed by atoms with Crippen molar-refractivity contribution in [3.63, 3.8) is 0 Å². The molecule has 0 saturated carbocycles. The van der Waals surface area contributed by atoms with E-state index in [-0.39, 0.29) is 0 Å². The van der Waals surface area contributed by atoms with Crippen LogP contribution in [0.15, 0.2) is 0 Å². The second-order valence-electron chi connectivity index (χ2n) is 8.51. The monoisotopic (exact) mass is 362 g/mol. The number of unbranched alkanes of at least 4 members (excludes halogenated alkanes) is 1. The molecule has 0 unspecified atom stereocenters. The van der Waals surface area contributed by atoms with Crippen molar-refractivity contribution in [3.05, 3.63) is 0 Å². The first-order chi connectivity index (χ1) is 10.7. The van der Waals surface area contributed by atoms with Crippen molar-refractivity contribution in [3.8, 4) is 0 Å². The van der Waals surface area contributed by atoms with Gasteiger partial charge in [0.15, 0.2) is 0 Å². The van der Waals surface area contributed by atoms with Crippen molar-refractivity contribution in [2.75, 3.05) is 51.7 Å². The van der Waals surface area contributed by atoms with Gasteiger partial charge in [-0.15, -0.1) is 11.7 Å². The Kier molecular flexibility index (Phi) is 9.91. The molecule has 1 saturated heterocycles. The second kappa shape index (κ2) is 10.5. The lowest BCUT2D eigenvalue weighted by Gasteiger charge is -2.42. The predicted octanol–water partition coefficient (Wildman–Crippen LogP) is 4.19. The molecule has 3 nitrogen and oxygen atoms in total. The molecule has 1 aliphatic rings. The van der Waals surface area contributed by atoms with Gasteiger partial charge in [0.2, 0.25) is 0 Å². The molecule has 0 bridgehead atoms. The summed E-state index contributed by atoms with van der Waals surface area (Å²) in [6.45, 7) is 19.2. The van der Waals surface area contributed by atoms with Gasteiger partial charge in [-0.2, -0.15) is 0 Å². The summed E-state index contributed by atoms with van der Waals surface area (Å²) in [5, 5.41) is 0. The predicted molar refractivity (Wildman–Crippen MR) is 108 cm³/mol. The average Bonchev–Trinajstić information content (AvgIpc) is 2.45. The molecule has 1 fully saturated rings. The first-order valence-corrected chi connectivity index (χ1v) is 11.1. The van der Waals surface area contributed by atoms with Crippen LogP contribution in [0, 0.1) is 5.41 Å². The minimum absolute atomic E-state index is 0.307. The molecule has 1 rings (SSSR count). The van der Waals surface area contributed by atoms with Crippen molar-refractivity contribution in [1.82, 2.24) is 9.80 Å². The zero-order chi connectivity index (χ0) is 17.3. The van der Waals surface area contributed by atoms with Gasteiger partial charge >= 0.3 is 0 Å². The molecule has 0 N–H and O–H groups in total. The third-order valence-electron chi connectivity index (χ3n) is 4.72. The summed E-state index contributed by atoms with van der Waals surface area (Å²) in [7, 11) is 1.65. The third-order valence-corrected chi connectivity index (χ3v) is 6.02. The fraction of sp³-hybridized carbons (Fsp3) is 1.00. The van der Waals surface area contributed by atoms with E-state index in [1.54, 1.807) is 10.8 Å². The molecular formula is C18H38N2OS2. The van der Waals surface area contributed by atoms with E-state index in [2.05, 4.69) is 56.1 Å². The van der Waals surface area contributed by atoms with E-state index < -0.39 is 0 Å². The van der Waals surface area contributed by atoms with E-state index in [4.69, 9.17) is 4.74 Å². The fourth-order valence-corrected chi connectivity index (χ4v) is 4.53. The van der Waals surface area contributed by atoms with Gasteiger partial charge in [0.1, 0.15) is 0 Å². The highest BCUT2D eigenvalue weighted by atomic mass is 33.1. The Labute approximate surface area is 153 Å². The van der Waals surface area contributed by atoms with Gasteiger partial charge in [0, 0.05) is 50.6 Å². The highest BCUT2D eigenvalue weighted by Gasteiger charge is 2.25. The van der Waals surface area contributed by atoms with Crippen molar-refractivity contribution in [2.45, 2.75) is 59.4 Å². The molecule has 0 amide bonds. The van der Waals surface area contributed by atoms with Gasteiger partial charge in [-0.25, -0.2) is 0 Å². The fourth-order valence-electron chi connectivity index (χ4n) is 2.99. The van der Waals surface area contributed by atoms with Crippen LogP contribution in [-0.4, -0.2) is 67.0 Å². The van der Waals surface area contributed by atoms with E-state index in [0.717, 1.165) is 25.5 Å². The van der Waals surface area contributed by atoms with Crippen LogP contribution in [0.4, 0.5) is 0 Å². The van der Waals surface area contributed by atoms with Crippen LogP contribution in [0.1, 0.15) is 53.9 Å². The van der Waals surface area contributed by atoms with Gasteiger partial charge in [0.05, 0.1) is 6.61 Å². The Hall–Kier alpha value is 0.580. The molecule has 0 aromatic rings. The molecular weight excluding hydrogens is 324 g/mol. The van der Waals surface area contributed by atoms with Gasteiger partial charge < -0.3 is 4.74 Å². The SMILES string of the molecule is CC(C)(CCCCOCCN1CCN(C(C)(C)C)CC1)CSS. The van der Waals surface area contributed by atoms with Gasteiger partial charge in [-0.1, -0.05) is 31.1 Å². The Morgan fingerprint density at radius 1 is 0.957 bits per heavy atom. The highest BCUT2D eigenvalue weighted by Crippen LogP contribution is 2.29. The maximum atomic E-state index is 5.83. The number of nitrogens with zero attached hydrogens (tertiary/aromatic N) is 2. The van der Waals surface area contributed by atoms with Gasteiger partial charge in [-0.05, 0) is 39.0 Å². The first kappa shape index (κ1) is 21.6. The van der Waals surface area contributed by atoms with Crippen molar-refractivity contribution >= 4 is 22.5 Å². The first-order valence-electron chi connectivity index (χ1n) is 9.06. The third kappa shape index (κ3) is 9.59. The summed E-state index contributed by atoms with van der Waals surface area (Å²) >= 11 is 4.26. The van der Waals surface area contributed by atoms with Crippen LogP contribution in [-0.2, 0) is 4.74 Å². The minimum Gasteiger partial charge on any atom is -0.380 e. The molecule has 1 heterocycles. The topological polar surface area (TPSA) is 15.7 Å². The van der Waals surface area contributed by atoms with E-state index >= 15 is 0 Å². The number of hydrogen-bond donors (Lipinski definition) is 1. The number of ether oxygens (including phenoxy) is 1. The number of piperazine rings is 1. The lowest BCUT2D eigenvalue weighted by Crippen LogP contribution is -2.53. The van der Waals surface area contributed by atoms with Crippen molar-refractivity contribution in [1.29, 1.82) is 0 Å². The molecule has 0 aliphatic carbocycles. The van der Waals surface area contributed by atoms with Crippen molar-refractivity contribution < 1.29 is 4.74 Å². The summed E-state index contributed by atoms with van der Waals surface area (Å²) < 4.78 is 5.83. The van der Waals surface area contributed by atoms with E-state index in [1.165, 1.54) is 45.4 Å². The molecule has 138 valence electrons. The van der Waals surface area contributed by atoms with E-state index in [9.17, 15) is 0 Å². The van der Waals surface area contributed by atoms with E-state index in [0.29, 0.717) is 11.0 Å². The van der Waals surface area contributed by atoms with Crippen LogP contribution in [0.25, 0.3) is 0 Å². The molecule has 0 radical (unpaired) electrons. The largest absolute Gasteiger partial charge is 0.380 e. The van der Waals surface area contributed by atoms with Crippen LogP contribution in [0.2, 0.25) is 0 Å². The summed E-state index contributed by atoms with van der Waals surface area (Å²) in [5.41, 5.74) is 0.709. The summed E-state index contributed by atoms with van der Waals surface area (Å²) in [5.74, 6) is 1.12. The zero-order valence-corrected chi connectivity index (χ0v) is 17.6. The number of rotatable bonds is 10. The summed E-state index contributed by atoms with van der Waals surface area (Å²) in [6, 6.07) is 0. The Balaban J connectivity index is 1.98. The van der Waals surface area contributed by atoms with Crippen LogP contribution in [0.5, 0.6) is 0 Å². The molecule has 0 atom stereocenters. The maximum absolute atomic E-state index is 5.83. The maximum Gasteiger partial charge on any atom is 0.0593 e. The summed E-state index contributed by atoms with van der Waals surface area (Å²) in [6.07, 6.45) is 3.70. The molecule has 0 spiro atoms. The quantitative estimate of drug-likeness (QED) is 0.356. The lowest BCUT2D eigenvalue weighted by atomic mass is 9.89. The van der Waals surface area contributed by atoms with E-state index in [1.807, 2.05) is 0 Å². The molecule has 5 heteroatoms. The van der Waals surface area contributed by atoms with Gasteiger partial charge in [-0.3, -0.25) is 9.80 Å². The molecule has 0 aromatic heterocycles. The van der Waals surface area contributed by atoms with Crippen LogP contribution in [0.3, 0.4) is 0 Å². The van der Waals surface area contributed by atoms with Crippen LogP contribution >= 0.6 is 22.5 Å². The average molecular weight is 363 g/mol. The van der Waals surface area contributed by atoms with Crippen LogP contribution < -0.4 is 0 Å². The number of thiol groups is 1. The van der Waals surface area contributed by atoms with Crippen molar-refractivity contribution in [2.24, 2.45) is 5.41 Å². The number of hydrogen-bond acceptors (Lipinski definition) is 5. The Morgan fingerprint density at radius 3 is 2.17 bits per heavy atom. The lowest BCUT2D eigenvalue weighted by molar-refractivity contribution is 0.0408. The minimum atomic E-state index is 0.307. The standard InChI is InChI=1S/C18H38N2OS2/c1-17(2,3)20-11-9-19(10-12-20)13-15-21-14-7-6-8-18(4,5)16-23-22/h22H,6-16H2,1-5H3. The smallest absolute Gasteiger partial charge is 0.0593 e. The molecule has 23 heavy (non-hydrogen) atoms. The molecule has 1 aliphatic heterocycles.